The summed E-state index contributed by atoms with van der Waals surface area (Å²) in [7, 11) is -0.268. The number of hydrogen-bond acceptors (Lipinski definition) is 6. The Hall–Kier alpha value is -2.23. The predicted molar refractivity (Wildman–Crippen MR) is 88.2 cm³/mol. The van der Waals surface area contributed by atoms with E-state index in [1.807, 2.05) is 4.90 Å². The van der Waals surface area contributed by atoms with Crippen LogP contribution in [0.15, 0.2) is 45.9 Å². The number of nitrogens with one attached hydrogen (secondary N) is 1. The first-order chi connectivity index (χ1) is 11.2. The van der Waals surface area contributed by atoms with E-state index in [2.05, 4.69) is 4.72 Å². The number of nitrogens with zero attached hydrogens (tertiary/aromatic N) is 2. The average Bonchev–Trinajstić information content (AvgIpc) is 3.01. The van der Waals surface area contributed by atoms with Crippen molar-refractivity contribution in [3.63, 3.8) is 0 Å². The third-order valence-corrected chi connectivity index (χ3v) is 5.07. The number of sulfonamides is 1. The summed E-state index contributed by atoms with van der Waals surface area (Å²) in [5.41, 5.74) is 0.175. The number of nitro benzene ring substituents is 1. The van der Waals surface area contributed by atoms with E-state index in [9.17, 15) is 18.5 Å². The quantitative estimate of drug-likeness (QED) is 0.603. The molecular weight excluding hydrogens is 334 g/mol. The Kier molecular flexibility index (Phi) is 5.37. The van der Waals surface area contributed by atoms with Gasteiger partial charge in [-0.05, 0) is 39.2 Å². The van der Waals surface area contributed by atoms with Crippen molar-refractivity contribution < 1.29 is 17.8 Å². The maximum absolute atomic E-state index is 12.4. The molecule has 2 aromatic rings. The fraction of sp³-hybridized carbons (Fsp3) is 0.333. The van der Waals surface area contributed by atoms with Crippen LogP contribution in [0, 0.1) is 17.0 Å². The molecule has 2 rings (SSSR count). The first-order valence-electron chi connectivity index (χ1n) is 7.17. The van der Waals surface area contributed by atoms with E-state index < -0.39 is 14.9 Å². The first-order valence-corrected chi connectivity index (χ1v) is 8.65. The van der Waals surface area contributed by atoms with Gasteiger partial charge in [0.25, 0.3) is 5.69 Å². The van der Waals surface area contributed by atoms with Gasteiger partial charge in [0, 0.05) is 18.2 Å². The average molecular weight is 353 g/mol. The molecule has 1 unspecified atom stereocenters. The van der Waals surface area contributed by atoms with Crippen LogP contribution in [0.4, 0.5) is 5.69 Å². The summed E-state index contributed by atoms with van der Waals surface area (Å²) < 4.78 is 32.7. The van der Waals surface area contributed by atoms with E-state index in [0.717, 1.165) is 6.07 Å². The van der Waals surface area contributed by atoms with Gasteiger partial charge in [-0.15, -0.1) is 0 Å². The lowest BCUT2D eigenvalue weighted by Crippen LogP contribution is -2.34. The Labute approximate surface area is 140 Å². The van der Waals surface area contributed by atoms with Gasteiger partial charge < -0.3 is 4.42 Å². The highest BCUT2D eigenvalue weighted by Gasteiger charge is 2.23. The summed E-state index contributed by atoms with van der Waals surface area (Å²) in [5, 5.41) is 11.0. The Bertz CT molecular complexity index is 816. The first kappa shape index (κ1) is 18.1. The summed E-state index contributed by atoms with van der Waals surface area (Å²) in [6.45, 7) is 1.63. The smallest absolute Gasteiger partial charge is 0.273 e. The van der Waals surface area contributed by atoms with Crippen LogP contribution < -0.4 is 4.72 Å². The molecule has 0 saturated heterocycles. The molecule has 0 radical (unpaired) electrons. The van der Waals surface area contributed by atoms with Crippen molar-refractivity contribution in [3.8, 4) is 0 Å². The number of rotatable bonds is 7. The molecule has 0 aliphatic carbocycles. The van der Waals surface area contributed by atoms with Crippen molar-refractivity contribution in [1.29, 1.82) is 0 Å². The lowest BCUT2D eigenvalue weighted by molar-refractivity contribution is -0.385. The fourth-order valence-corrected chi connectivity index (χ4v) is 3.30. The molecule has 9 heteroatoms. The van der Waals surface area contributed by atoms with Crippen LogP contribution in [0.2, 0.25) is 0 Å². The minimum absolute atomic E-state index is 0.0739. The second-order valence-electron chi connectivity index (χ2n) is 5.55. The standard InChI is InChI=1S/C15H19N3O5S/c1-11-6-7-12(9-13(11)18(19)20)24(21,22)16-10-14(17(2)3)15-5-4-8-23-15/h4-9,14,16H,10H2,1-3H3. The van der Waals surface area contributed by atoms with Gasteiger partial charge >= 0.3 is 0 Å². The molecule has 0 spiro atoms. The molecule has 1 N–H and O–H groups in total. The van der Waals surface area contributed by atoms with Gasteiger partial charge in [-0.25, -0.2) is 13.1 Å². The lowest BCUT2D eigenvalue weighted by Gasteiger charge is -2.22. The van der Waals surface area contributed by atoms with Crippen molar-refractivity contribution >= 4 is 15.7 Å². The monoisotopic (exact) mass is 353 g/mol. The maximum atomic E-state index is 12.4. The van der Waals surface area contributed by atoms with Gasteiger partial charge in [0.15, 0.2) is 0 Å². The number of hydrogen-bond donors (Lipinski definition) is 1. The van der Waals surface area contributed by atoms with Crippen LogP contribution in [0.5, 0.6) is 0 Å². The maximum Gasteiger partial charge on any atom is 0.273 e. The van der Waals surface area contributed by atoms with Crippen molar-refractivity contribution in [1.82, 2.24) is 9.62 Å². The zero-order valence-electron chi connectivity index (χ0n) is 13.6. The molecule has 1 atom stereocenters. The van der Waals surface area contributed by atoms with Gasteiger partial charge in [-0.2, -0.15) is 0 Å². The normalized spacial score (nSPS) is 13.2. The Morgan fingerprint density at radius 2 is 2.04 bits per heavy atom. The van der Waals surface area contributed by atoms with Gasteiger partial charge in [-0.1, -0.05) is 6.07 Å². The second kappa shape index (κ2) is 7.12. The fourth-order valence-electron chi connectivity index (χ4n) is 2.24. The van der Waals surface area contributed by atoms with Gasteiger partial charge in [0.2, 0.25) is 10.0 Å². The van der Waals surface area contributed by atoms with Gasteiger partial charge in [0.1, 0.15) is 5.76 Å². The van der Waals surface area contributed by atoms with Gasteiger partial charge in [-0.3, -0.25) is 15.0 Å². The van der Waals surface area contributed by atoms with Crippen LogP contribution in [0.25, 0.3) is 0 Å². The minimum Gasteiger partial charge on any atom is -0.468 e. The summed E-state index contributed by atoms with van der Waals surface area (Å²) >= 11 is 0. The van der Waals surface area contributed by atoms with E-state index in [0.29, 0.717) is 11.3 Å². The summed E-state index contributed by atoms with van der Waals surface area (Å²) in [5.74, 6) is 0.623. The molecule has 1 aromatic carbocycles. The number of furan rings is 1. The molecule has 130 valence electrons. The predicted octanol–water partition coefficient (Wildman–Crippen LogP) is 2.08. The molecule has 8 nitrogen and oxygen atoms in total. The molecule has 24 heavy (non-hydrogen) atoms. The number of aryl methyl sites for hydroxylation is 1. The van der Waals surface area contributed by atoms with Crippen molar-refractivity contribution in [2.75, 3.05) is 20.6 Å². The second-order valence-corrected chi connectivity index (χ2v) is 7.32. The molecule has 0 saturated carbocycles. The summed E-state index contributed by atoms with van der Waals surface area (Å²) in [4.78, 5) is 12.1. The van der Waals surface area contributed by atoms with Crippen molar-refractivity contribution in [2.45, 2.75) is 17.9 Å². The molecule has 0 aliphatic heterocycles. The highest BCUT2D eigenvalue weighted by molar-refractivity contribution is 7.89. The largest absolute Gasteiger partial charge is 0.468 e. The SMILES string of the molecule is Cc1ccc(S(=O)(=O)NCC(c2ccco2)N(C)C)cc1[N+](=O)[O-]. The highest BCUT2D eigenvalue weighted by atomic mass is 32.2. The van der Waals surface area contributed by atoms with Crippen molar-refractivity contribution in [2.24, 2.45) is 0 Å². The molecule has 0 bridgehead atoms. The van der Waals surface area contributed by atoms with Crippen LogP contribution in [0.3, 0.4) is 0 Å². The molecule has 0 fully saturated rings. The summed E-state index contributed by atoms with van der Waals surface area (Å²) in [6, 6.07) is 7.02. The third-order valence-electron chi connectivity index (χ3n) is 3.65. The molecule has 0 amide bonds. The molecule has 1 aromatic heterocycles. The number of benzene rings is 1. The van der Waals surface area contributed by atoms with Crippen LogP contribution in [-0.4, -0.2) is 38.9 Å². The topological polar surface area (TPSA) is 106 Å². The van der Waals surface area contributed by atoms with Gasteiger partial charge in [0.05, 0.1) is 22.1 Å². The van der Waals surface area contributed by atoms with E-state index in [1.165, 1.54) is 18.4 Å². The highest BCUT2D eigenvalue weighted by Crippen LogP contribution is 2.23. The van der Waals surface area contributed by atoms with Crippen LogP contribution in [0.1, 0.15) is 17.4 Å². The Morgan fingerprint density at radius 1 is 1.33 bits per heavy atom. The minimum atomic E-state index is -3.88. The molecule has 0 aliphatic rings. The number of likely N-dealkylation sites (N-methyl/N-ethyl adjacent to an activating group) is 1. The van der Waals surface area contributed by atoms with E-state index in [-0.39, 0.29) is 23.2 Å². The number of nitro groups is 1. The van der Waals surface area contributed by atoms with E-state index in [1.54, 1.807) is 33.2 Å². The Morgan fingerprint density at radius 3 is 2.58 bits per heavy atom. The van der Waals surface area contributed by atoms with Crippen molar-refractivity contribution in [3.05, 3.63) is 58.0 Å². The third kappa shape index (κ3) is 3.99. The zero-order valence-corrected chi connectivity index (χ0v) is 14.4. The van der Waals surface area contributed by atoms with Crippen LogP contribution in [-0.2, 0) is 10.0 Å². The summed E-state index contributed by atoms with van der Waals surface area (Å²) in [6.07, 6.45) is 1.52. The van der Waals surface area contributed by atoms with Crippen LogP contribution >= 0.6 is 0 Å². The molecule has 1 heterocycles. The lowest BCUT2D eigenvalue weighted by atomic mass is 10.2. The molecular formula is C15H19N3O5S. The zero-order chi connectivity index (χ0) is 17.9. The van der Waals surface area contributed by atoms with E-state index >= 15 is 0 Å². The Balaban J connectivity index is 2.22. The van der Waals surface area contributed by atoms with E-state index in [4.69, 9.17) is 4.42 Å².